The number of hydrazone groups is 1. The summed E-state index contributed by atoms with van der Waals surface area (Å²) < 4.78 is 18.8. The molecule has 1 amide bonds. The molecule has 0 unspecified atom stereocenters. The highest BCUT2D eigenvalue weighted by Crippen LogP contribution is 2.19. The van der Waals surface area contributed by atoms with Crippen molar-refractivity contribution in [2.24, 2.45) is 5.10 Å². The average molecular weight is 413 g/mol. The Labute approximate surface area is 170 Å². The Morgan fingerprint density at radius 1 is 1.23 bits per heavy atom. The van der Waals surface area contributed by atoms with Crippen LogP contribution in [0.15, 0.2) is 34.0 Å². The monoisotopic (exact) mass is 413 g/mol. The summed E-state index contributed by atoms with van der Waals surface area (Å²) in [6.07, 6.45) is 4.78. The maximum absolute atomic E-state index is 13.0. The molecule has 1 aliphatic heterocycles. The van der Waals surface area contributed by atoms with Gasteiger partial charge in [-0.2, -0.15) is 9.78 Å². The van der Waals surface area contributed by atoms with Crippen molar-refractivity contribution in [2.45, 2.75) is 25.8 Å². The van der Waals surface area contributed by atoms with Gasteiger partial charge in [0.1, 0.15) is 11.5 Å². The normalized spacial score (nSPS) is 15.0. The summed E-state index contributed by atoms with van der Waals surface area (Å²) in [7, 11) is 0. The summed E-state index contributed by atoms with van der Waals surface area (Å²) in [4.78, 5) is 15.1. The molecule has 1 aliphatic rings. The number of benzene rings is 1. The molecule has 1 fully saturated rings. The fourth-order valence-corrected chi connectivity index (χ4v) is 3.23. The Balaban J connectivity index is 1.58. The van der Waals surface area contributed by atoms with Crippen molar-refractivity contribution in [1.82, 2.24) is 35.6 Å². The zero-order valence-electron chi connectivity index (χ0n) is 16.0. The van der Waals surface area contributed by atoms with Crippen molar-refractivity contribution < 1.29 is 13.8 Å². The highest BCUT2D eigenvalue weighted by molar-refractivity contribution is 5.95. The van der Waals surface area contributed by atoms with E-state index < -0.39 is 5.91 Å². The highest BCUT2D eigenvalue weighted by Gasteiger charge is 2.26. The van der Waals surface area contributed by atoms with Gasteiger partial charge in [-0.3, -0.25) is 9.69 Å². The second kappa shape index (κ2) is 8.78. The first-order valence-electron chi connectivity index (χ1n) is 9.46. The van der Waals surface area contributed by atoms with E-state index in [0.29, 0.717) is 17.8 Å². The van der Waals surface area contributed by atoms with Crippen LogP contribution in [0.1, 0.15) is 41.0 Å². The number of piperidine rings is 1. The number of hydrogen-bond donors (Lipinski definition) is 2. The molecule has 3 N–H and O–H groups in total. The fraction of sp³-hybridized carbons (Fsp3) is 0.333. The lowest BCUT2D eigenvalue weighted by Crippen LogP contribution is -2.31. The second-order valence-electron chi connectivity index (χ2n) is 6.86. The molecule has 11 nitrogen and oxygen atoms in total. The first-order chi connectivity index (χ1) is 14.6. The van der Waals surface area contributed by atoms with E-state index in [1.807, 2.05) is 0 Å². The average Bonchev–Trinajstić information content (AvgIpc) is 3.36. The quantitative estimate of drug-likeness (QED) is 0.452. The fourth-order valence-electron chi connectivity index (χ4n) is 3.23. The van der Waals surface area contributed by atoms with Gasteiger partial charge in [0, 0.05) is 6.54 Å². The van der Waals surface area contributed by atoms with Crippen LogP contribution in [0.5, 0.6) is 0 Å². The number of nitrogens with two attached hydrogens (primary N) is 1. The van der Waals surface area contributed by atoms with Gasteiger partial charge in [-0.15, -0.1) is 5.10 Å². The summed E-state index contributed by atoms with van der Waals surface area (Å²) in [6, 6.07) is 5.69. The number of halogens is 1. The number of hydrogen-bond acceptors (Lipinski definition) is 9. The molecule has 0 spiro atoms. The topological polar surface area (TPSA) is 140 Å². The number of rotatable bonds is 6. The Morgan fingerprint density at radius 2 is 2.00 bits per heavy atom. The minimum absolute atomic E-state index is 0.0201. The summed E-state index contributed by atoms with van der Waals surface area (Å²) in [5.41, 5.74) is 9.44. The summed E-state index contributed by atoms with van der Waals surface area (Å²) >= 11 is 0. The predicted molar refractivity (Wildman–Crippen MR) is 104 cm³/mol. The molecule has 12 heteroatoms. The SMILES string of the molecule is Nc1nonc1-n1nnc(CN2CCCCC2)c1C(=O)N/N=C/c1ccc(F)cc1. The lowest BCUT2D eigenvalue weighted by atomic mass is 10.1. The number of anilines is 1. The van der Waals surface area contributed by atoms with Gasteiger partial charge in [0.05, 0.1) is 6.21 Å². The third kappa shape index (κ3) is 4.33. The third-order valence-electron chi connectivity index (χ3n) is 4.72. The number of nitrogen functional groups attached to an aromatic ring is 1. The molecule has 4 rings (SSSR count). The molecule has 2 aromatic heterocycles. The Morgan fingerprint density at radius 3 is 2.70 bits per heavy atom. The molecule has 30 heavy (non-hydrogen) atoms. The van der Waals surface area contributed by atoms with Crippen molar-refractivity contribution in [3.05, 3.63) is 47.0 Å². The van der Waals surface area contributed by atoms with E-state index >= 15 is 0 Å². The van der Waals surface area contributed by atoms with Gasteiger partial charge >= 0.3 is 0 Å². The van der Waals surface area contributed by atoms with E-state index in [4.69, 9.17) is 5.73 Å². The number of carbonyl (C=O) groups is 1. The predicted octanol–water partition coefficient (Wildman–Crippen LogP) is 1.12. The highest BCUT2D eigenvalue weighted by atomic mass is 19.1. The van der Waals surface area contributed by atoms with Crippen molar-refractivity contribution in [3.8, 4) is 5.82 Å². The van der Waals surface area contributed by atoms with Gasteiger partial charge in [0.15, 0.2) is 5.69 Å². The van der Waals surface area contributed by atoms with Crippen molar-refractivity contribution >= 4 is 17.9 Å². The van der Waals surface area contributed by atoms with Gasteiger partial charge in [-0.1, -0.05) is 23.8 Å². The van der Waals surface area contributed by atoms with Gasteiger partial charge in [0.2, 0.25) is 11.6 Å². The van der Waals surface area contributed by atoms with E-state index in [0.717, 1.165) is 25.9 Å². The van der Waals surface area contributed by atoms with Crippen molar-refractivity contribution in [3.63, 3.8) is 0 Å². The van der Waals surface area contributed by atoms with Crippen molar-refractivity contribution in [2.75, 3.05) is 18.8 Å². The minimum Gasteiger partial charge on any atom is -0.378 e. The molecule has 3 heterocycles. The van der Waals surface area contributed by atoms with Crippen LogP contribution in [-0.4, -0.2) is 55.4 Å². The number of nitrogens with zero attached hydrogens (tertiary/aromatic N) is 7. The number of nitrogens with one attached hydrogen (secondary N) is 1. The van der Waals surface area contributed by atoms with Gasteiger partial charge in [-0.25, -0.2) is 14.4 Å². The van der Waals surface area contributed by atoms with Crippen LogP contribution in [0.3, 0.4) is 0 Å². The number of likely N-dealkylation sites (tertiary alicyclic amines) is 1. The third-order valence-corrected chi connectivity index (χ3v) is 4.72. The smallest absolute Gasteiger partial charge is 0.292 e. The maximum atomic E-state index is 13.0. The van der Waals surface area contributed by atoms with Crippen LogP contribution in [-0.2, 0) is 6.54 Å². The van der Waals surface area contributed by atoms with E-state index in [9.17, 15) is 9.18 Å². The molecule has 1 aromatic carbocycles. The minimum atomic E-state index is -0.548. The van der Waals surface area contributed by atoms with E-state index in [1.54, 1.807) is 12.1 Å². The molecule has 156 valence electrons. The maximum Gasteiger partial charge on any atom is 0.292 e. The molecule has 1 saturated heterocycles. The summed E-state index contributed by atoms with van der Waals surface area (Å²) in [5.74, 6) is -0.853. The van der Waals surface area contributed by atoms with Gasteiger partial charge in [0.25, 0.3) is 5.91 Å². The van der Waals surface area contributed by atoms with Gasteiger partial charge in [-0.05, 0) is 53.9 Å². The number of aromatic nitrogens is 5. The molecule has 0 bridgehead atoms. The molecular formula is C18H20FN9O2. The van der Waals surface area contributed by atoms with Crippen LogP contribution in [0.25, 0.3) is 5.82 Å². The lowest BCUT2D eigenvalue weighted by Gasteiger charge is -2.25. The molecular weight excluding hydrogens is 393 g/mol. The number of carbonyl (C=O) groups excluding carboxylic acids is 1. The van der Waals surface area contributed by atoms with E-state index in [2.05, 4.69) is 40.7 Å². The van der Waals surface area contributed by atoms with E-state index in [1.165, 1.54) is 29.4 Å². The molecule has 0 aliphatic carbocycles. The van der Waals surface area contributed by atoms with Gasteiger partial charge < -0.3 is 5.73 Å². The molecule has 0 atom stereocenters. The summed E-state index contributed by atoms with van der Waals surface area (Å²) in [6.45, 7) is 2.30. The van der Waals surface area contributed by atoms with Crippen molar-refractivity contribution in [1.29, 1.82) is 0 Å². The lowest BCUT2D eigenvalue weighted by molar-refractivity contribution is 0.0944. The van der Waals surface area contributed by atoms with Crippen LogP contribution in [0.4, 0.5) is 10.2 Å². The Hall–Kier alpha value is -3.67. The van der Waals surface area contributed by atoms with E-state index in [-0.39, 0.29) is 23.1 Å². The largest absolute Gasteiger partial charge is 0.378 e. The Kier molecular flexibility index (Phi) is 5.75. The first-order valence-corrected chi connectivity index (χ1v) is 9.46. The first kappa shape index (κ1) is 19.6. The van der Waals surface area contributed by atoms with Crippen LogP contribution < -0.4 is 11.2 Å². The number of amides is 1. The molecule has 0 radical (unpaired) electrons. The zero-order chi connectivity index (χ0) is 20.9. The summed E-state index contributed by atoms with van der Waals surface area (Å²) in [5, 5.41) is 19.4. The van der Waals surface area contributed by atoms with Crippen LogP contribution in [0.2, 0.25) is 0 Å². The standard InChI is InChI=1S/C18H20FN9O2/c19-13-6-4-12(5-7-13)10-21-23-18(29)15-14(11-27-8-2-1-3-9-27)22-26-28(15)17-16(20)24-30-25-17/h4-7,10H,1-3,8-9,11H2,(H2,20,24)(H,23,29)/b21-10+. The molecule has 0 saturated carbocycles. The van der Waals surface area contributed by atoms with Crippen LogP contribution in [0, 0.1) is 5.82 Å². The second-order valence-corrected chi connectivity index (χ2v) is 6.86. The zero-order valence-corrected chi connectivity index (χ0v) is 16.0. The molecule has 3 aromatic rings. The Bertz CT molecular complexity index is 1040. The van der Waals surface area contributed by atoms with Crippen LogP contribution >= 0.6 is 0 Å².